The van der Waals surface area contributed by atoms with E-state index in [2.05, 4.69) is 28.6 Å². The standard InChI is InChI=1S/C21H22N2O3/c1-14-12-18(20(24)13-26-21(25)19-10-7-11-22-19)16(3)23(14)15(2)17-8-5-4-6-9-17/h4-12,15,22H,13H2,1-3H3/t15-/m1/s1. The van der Waals surface area contributed by atoms with Crippen molar-refractivity contribution in [3.05, 3.63) is 82.9 Å². The SMILES string of the molecule is Cc1cc(C(=O)COC(=O)c2ccc[nH]2)c(C)n1[C@H](C)c1ccccc1. The van der Waals surface area contributed by atoms with Gasteiger partial charge in [-0.1, -0.05) is 30.3 Å². The number of nitrogens with zero attached hydrogens (tertiary/aromatic N) is 1. The second-order valence-corrected chi connectivity index (χ2v) is 6.32. The molecule has 0 aliphatic heterocycles. The van der Waals surface area contributed by atoms with Crippen molar-refractivity contribution in [2.75, 3.05) is 6.61 Å². The summed E-state index contributed by atoms with van der Waals surface area (Å²) in [6.07, 6.45) is 1.64. The van der Waals surface area contributed by atoms with Crippen LogP contribution in [0.15, 0.2) is 54.7 Å². The number of H-pyrrole nitrogens is 1. The predicted molar refractivity (Wildman–Crippen MR) is 99.6 cm³/mol. The number of hydrogen-bond donors (Lipinski definition) is 1. The Labute approximate surface area is 152 Å². The van der Waals surface area contributed by atoms with E-state index in [1.54, 1.807) is 18.3 Å². The number of Topliss-reactive ketones (excluding diaryl/α,β-unsaturated/α-hetero) is 1. The van der Waals surface area contributed by atoms with Crippen LogP contribution in [0, 0.1) is 13.8 Å². The molecule has 0 saturated carbocycles. The highest BCUT2D eigenvalue weighted by molar-refractivity contribution is 6.00. The minimum Gasteiger partial charge on any atom is -0.453 e. The summed E-state index contributed by atoms with van der Waals surface area (Å²) >= 11 is 0. The Morgan fingerprint density at radius 1 is 1.12 bits per heavy atom. The first-order valence-electron chi connectivity index (χ1n) is 8.56. The summed E-state index contributed by atoms with van der Waals surface area (Å²) in [4.78, 5) is 27.2. The molecule has 5 nitrogen and oxygen atoms in total. The molecule has 0 spiro atoms. The van der Waals surface area contributed by atoms with Gasteiger partial charge in [0.05, 0.1) is 6.04 Å². The molecular formula is C21H22N2O3. The molecule has 0 fully saturated rings. The third-order valence-corrected chi connectivity index (χ3v) is 4.61. The Balaban J connectivity index is 1.77. The minimum absolute atomic E-state index is 0.110. The molecule has 3 aromatic rings. The average molecular weight is 350 g/mol. The molecule has 5 heteroatoms. The molecule has 26 heavy (non-hydrogen) atoms. The maximum atomic E-state index is 12.6. The molecule has 134 valence electrons. The molecule has 0 unspecified atom stereocenters. The first-order chi connectivity index (χ1) is 12.5. The molecule has 1 aromatic carbocycles. The van der Waals surface area contributed by atoms with Crippen molar-refractivity contribution >= 4 is 11.8 Å². The lowest BCUT2D eigenvalue weighted by molar-refractivity contribution is 0.0469. The quantitative estimate of drug-likeness (QED) is 0.538. The van der Waals surface area contributed by atoms with Crippen LogP contribution >= 0.6 is 0 Å². The number of ketones is 1. The lowest BCUT2D eigenvalue weighted by Gasteiger charge is -2.19. The van der Waals surface area contributed by atoms with Crippen molar-refractivity contribution in [2.45, 2.75) is 26.8 Å². The van der Waals surface area contributed by atoms with Gasteiger partial charge in [-0.2, -0.15) is 0 Å². The summed E-state index contributed by atoms with van der Waals surface area (Å²) in [5, 5.41) is 0. The van der Waals surface area contributed by atoms with E-state index in [-0.39, 0.29) is 18.4 Å². The largest absolute Gasteiger partial charge is 0.453 e. The number of rotatable bonds is 6. The van der Waals surface area contributed by atoms with Gasteiger partial charge in [-0.15, -0.1) is 0 Å². The Bertz CT molecular complexity index is 908. The van der Waals surface area contributed by atoms with Crippen LogP contribution in [-0.4, -0.2) is 27.9 Å². The molecular weight excluding hydrogens is 328 g/mol. The molecule has 1 N–H and O–H groups in total. The van der Waals surface area contributed by atoms with E-state index < -0.39 is 5.97 Å². The van der Waals surface area contributed by atoms with Crippen molar-refractivity contribution in [3.63, 3.8) is 0 Å². The molecule has 0 radical (unpaired) electrons. The van der Waals surface area contributed by atoms with Crippen molar-refractivity contribution in [2.24, 2.45) is 0 Å². The highest BCUT2D eigenvalue weighted by atomic mass is 16.5. The Morgan fingerprint density at radius 2 is 1.85 bits per heavy atom. The molecule has 0 saturated heterocycles. The summed E-state index contributed by atoms with van der Waals surface area (Å²) in [5.74, 6) is -0.737. The third-order valence-electron chi connectivity index (χ3n) is 4.61. The summed E-state index contributed by atoms with van der Waals surface area (Å²) in [6.45, 7) is 5.73. The van der Waals surface area contributed by atoms with Gasteiger partial charge in [0.2, 0.25) is 5.78 Å². The molecule has 0 aliphatic carbocycles. The van der Waals surface area contributed by atoms with Gasteiger partial charge in [0.1, 0.15) is 5.69 Å². The van der Waals surface area contributed by atoms with E-state index in [0.717, 1.165) is 11.4 Å². The fraction of sp³-hybridized carbons (Fsp3) is 0.238. The van der Waals surface area contributed by atoms with Gasteiger partial charge in [0.15, 0.2) is 6.61 Å². The summed E-state index contributed by atoms with van der Waals surface area (Å²) < 4.78 is 7.26. The summed E-state index contributed by atoms with van der Waals surface area (Å²) in [7, 11) is 0. The number of ether oxygens (including phenoxy) is 1. The fourth-order valence-corrected chi connectivity index (χ4v) is 3.28. The van der Waals surface area contributed by atoms with Gasteiger partial charge in [-0.25, -0.2) is 4.79 Å². The van der Waals surface area contributed by atoms with Gasteiger partial charge in [0.25, 0.3) is 0 Å². The zero-order chi connectivity index (χ0) is 18.7. The van der Waals surface area contributed by atoms with Gasteiger partial charge < -0.3 is 14.3 Å². The molecule has 0 amide bonds. The first kappa shape index (κ1) is 17.7. The second kappa shape index (κ2) is 7.44. The molecule has 2 heterocycles. The number of aromatic nitrogens is 2. The van der Waals surface area contributed by atoms with Crippen LogP contribution in [0.1, 0.15) is 50.8 Å². The van der Waals surface area contributed by atoms with Crippen molar-refractivity contribution in [3.8, 4) is 0 Å². The lowest BCUT2D eigenvalue weighted by Crippen LogP contribution is -2.16. The van der Waals surface area contributed by atoms with Gasteiger partial charge in [-0.3, -0.25) is 4.79 Å². The van der Waals surface area contributed by atoms with Gasteiger partial charge in [0, 0.05) is 23.1 Å². The molecule has 0 bridgehead atoms. The lowest BCUT2D eigenvalue weighted by atomic mass is 10.1. The highest BCUT2D eigenvalue weighted by Gasteiger charge is 2.21. The van der Waals surface area contributed by atoms with Crippen LogP contribution in [0.25, 0.3) is 0 Å². The van der Waals surface area contributed by atoms with E-state index >= 15 is 0 Å². The van der Waals surface area contributed by atoms with E-state index in [0.29, 0.717) is 11.3 Å². The smallest absolute Gasteiger partial charge is 0.355 e. The minimum atomic E-state index is -0.533. The summed E-state index contributed by atoms with van der Waals surface area (Å²) in [5.41, 5.74) is 3.97. The zero-order valence-corrected chi connectivity index (χ0v) is 15.2. The number of carbonyl (C=O) groups is 2. The normalized spacial score (nSPS) is 12.0. The molecule has 3 rings (SSSR count). The number of hydrogen-bond acceptors (Lipinski definition) is 3. The monoisotopic (exact) mass is 350 g/mol. The van der Waals surface area contributed by atoms with Crippen molar-refractivity contribution in [1.29, 1.82) is 0 Å². The van der Waals surface area contributed by atoms with E-state index in [1.165, 1.54) is 5.56 Å². The predicted octanol–water partition coefficient (Wildman–Crippen LogP) is 4.08. The van der Waals surface area contributed by atoms with Gasteiger partial charge in [-0.05, 0) is 44.5 Å². The van der Waals surface area contributed by atoms with E-state index in [9.17, 15) is 9.59 Å². The molecule has 1 atom stereocenters. The topological polar surface area (TPSA) is 64.1 Å². The fourth-order valence-electron chi connectivity index (χ4n) is 3.28. The van der Waals surface area contributed by atoms with Crippen LogP contribution in [0.4, 0.5) is 0 Å². The first-order valence-corrected chi connectivity index (χ1v) is 8.56. The van der Waals surface area contributed by atoms with Crippen LogP contribution in [-0.2, 0) is 4.74 Å². The maximum Gasteiger partial charge on any atom is 0.355 e. The van der Waals surface area contributed by atoms with Gasteiger partial charge >= 0.3 is 5.97 Å². The number of esters is 1. The molecule has 2 aromatic heterocycles. The Hall–Kier alpha value is -3.08. The van der Waals surface area contributed by atoms with Crippen LogP contribution in [0.5, 0.6) is 0 Å². The number of benzene rings is 1. The third kappa shape index (κ3) is 3.47. The van der Waals surface area contributed by atoms with Crippen LogP contribution in [0.2, 0.25) is 0 Å². The Morgan fingerprint density at radius 3 is 2.50 bits per heavy atom. The zero-order valence-electron chi connectivity index (χ0n) is 15.2. The van der Waals surface area contributed by atoms with Crippen molar-refractivity contribution in [1.82, 2.24) is 9.55 Å². The van der Waals surface area contributed by atoms with Crippen LogP contribution in [0.3, 0.4) is 0 Å². The maximum absolute atomic E-state index is 12.6. The highest BCUT2D eigenvalue weighted by Crippen LogP contribution is 2.25. The Kier molecular flexibility index (Phi) is 5.07. The number of aryl methyl sites for hydroxylation is 1. The number of aromatic amines is 1. The average Bonchev–Trinajstić information content (AvgIpc) is 3.28. The van der Waals surface area contributed by atoms with E-state index in [1.807, 2.05) is 38.1 Å². The number of carbonyl (C=O) groups excluding carboxylic acids is 2. The van der Waals surface area contributed by atoms with Crippen molar-refractivity contribution < 1.29 is 14.3 Å². The number of nitrogens with one attached hydrogen (secondary N) is 1. The second-order valence-electron chi connectivity index (χ2n) is 6.32. The van der Waals surface area contributed by atoms with E-state index in [4.69, 9.17) is 4.74 Å². The molecule has 0 aliphatic rings. The van der Waals surface area contributed by atoms with Crippen LogP contribution < -0.4 is 0 Å². The summed E-state index contributed by atoms with van der Waals surface area (Å²) in [6, 6.07) is 15.4.